The Balaban J connectivity index is 1.51. The molecule has 1 amide bonds. The van der Waals surface area contributed by atoms with E-state index in [2.05, 4.69) is 10.6 Å². The van der Waals surface area contributed by atoms with Crippen LogP contribution in [0.4, 0.5) is 0 Å². The van der Waals surface area contributed by atoms with Gasteiger partial charge in [0, 0.05) is 6.54 Å². The molecule has 3 nitrogen and oxygen atoms in total. The molecule has 2 aliphatic rings. The van der Waals surface area contributed by atoms with E-state index >= 15 is 0 Å². The van der Waals surface area contributed by atoms with Crippen LogP contribution in [0.5, 0.6) is 0 Å². The number of carbonyl (C=O) groups excluding carboxylic acids is 1. The lowest BCUT2D eigenvalue weighted by molar-refractivity contribution is -0.122. The van der Waals surface area contributed by atoms with Gasteiger partial charge in [-0.2, -0.15) is 0 Å². The SMILES string of the molecule is O=C(NCCCC1CCCCC1)C1CCCN1. The Hall–Kier alpha value is -0.570. The van der Waals surface area contributed by atoms with Crippen molar-refractivity contribution in [3.05, 3.63) is 0 Å². The zero-order valence-electron chi connectivity index (χ0n) is 10.8. The van der Waals surface area contributed by atoms with Crippen molar-refractivity contribution in [3.8, 4) is 0 Å². The first-order valence-corrected chi connectivity index (χ1v) is 7.37. The quantitative estimate of drug-likeness (QED) is 0.721. The van der Waals surface area contributed by atoms with E-state index < -0.39 is 0 Å². The smallest absolute Gasteiger partial charge is 0.237 e. The first-order valence-electron chi connectivity index (χ1n) is 7.37. The van der Waals surface area contributed by atoms with Gasteiger partial charge in [-0.3, -0.25) is 4.79 Å². The van der Waals surface area contributed by atoms with Crippen molar-refractivity contribution in [1.82, 2.24) is 10.6 Å². The van der Waals surface area contributed by atoms with Crippen LogP contribution in [0.15, 0.2) is 0 Å². The normalized spacial score (nSPS) is 26.0. The van der Waals surface area contributed by atoms with Crippen LogP contribution in [0.2, 0.25) is 0 Å². The van der Waals surface area contributed by atoms with Gasteiger partial charge in [-0.25, -0.2) is 0 Å². The van der Waals surface area contributed by atoms with Crippen molar-refractivity contribution in [3.63, 3.8) is 0 Å². The van der Waals surface area contributed by atoms with Crippen LogP contribution in [0.1, 0.15) is 57.8 Å². The van der Waals surface area contributed by atoms with E-state index in [0.717, 1.165) is 38.3 Å². The molecule has 98 valence electrons. The van der Waals surface area contributed by atoms with E-state index in [1.54, 1.807) is 0 Å². The highest BCUT2D eigenvalue weighted by molar-refractivity contribution is 5.81. The maximum atomic E-state index is 11.7. The van der Waals surface area contributed by atoms with Gasteiger partial charge >= 0.3 is 0 Å². The lowest BCUT2D eigenvalue weighted by atomic mass is 9.86. The monoisotopic (exact) mass is 238 g/mol. The topological polar surface area (TPSA) is 41.1 Å². The number of carbonyl (C=O) groups is 1. The second-order valence-electron chi connectivity index (χ2n) is 5.59. The summed E-state index contributed by atoms with van der Waals surface area (Å²) in [4.78, 5) is 11.7. The molecule has 1 saturated carbocycles. The van der Waals surface area contributed by atoms with E-state index in [-0.39, 0.29) is 11.9 Å². The summed E-state index contributed by atoms with van der Waals surface area (Å²) in [5.74, 6) is 1.15. The molecule has 1 aliphatic carbocycles. The molecule has 0 spiro atoms. The third kappa shape index (κ3) is 4.30. The molecule has 1 saturated heterocycles. The fraction of sp³-hybridized carbons (Fsp3) is 0.929. The number of nitrogens with one attached hydrogen (secondary N) is 2. The predicted molar refractivity (Wildman–Crippen MR) is 69.8 cm³/mol. The summed E-state index contributed by atoms with van der Waals surface area (Å²) < 4.78 is 0. The summed E-state index contributed by atoms with van der Waals surface area (Å²) in [6.07, 6.45) is 11.7. The number of amides is 1. The Morgan fingerprint density at radius 3 is 2.65 bits per heavy atom. The molecule has 1 heterocycles. The van der Waals surface area contributed by atoms with Gasteiger partial charge < -0.3 is 10.6 Å². The summed E-state index contributed by atoms with van der Waals surface area (Å²) in [6, 6.07) is 0.0877. The van der Waals surface area contributed by atoms with Crippen LogP contribution in [-0.4, -0.2) is 25.0 Å². The van der Waals surface area contributed by atoms with Gasteiger partial charge in [0.15, 0.2) is 0 Å². The van der Waals surface area contributed by atoms with Crippen molar-refractivity contribution in [2.75, 3.05) is 13.1 Å². The fourth-order valence-corrected chi connectivity index (χ4v) is 3.11. The summed E-state index contributed by atoms with van der Waals surface area (Å²) in [7, 11) is 0. The molecule has 0 bridgehead atoms. The second-order valence-corrected chi connectivity index (χ2v) is 5.59. The van der Waals surface area contributed by atoms with Crippen molar-refractivity contribution in [2.45, 2.75) is 63.8 Å². The molecule has 0 aromatic heterocycles. The molecular formula is C14H26N2O. The molecule has 3 heteroatoms. The molecule has 0 radical (unpaired) electrons. The lowest BCUT2D eigenvalue weighted by Gasteiger charge is -2.21. The van der Waals surface area contributed by atoms with Gasteiger partial charge in [0.1, 0.15) is 0 Å². The Morgan fingerprint density at radius 1 is 1.12 bits per heavy atom. The summed E-state index contributed by atoms with van der Waals surface area (Å²) >= 11 is 0. The van der Waals surface area contributed by atoms with E-state index in [1.165, 1.54) is 38.5 Å². The van der Waals surface area contributed by atoms with Gasteiger partial charge in [0.05, 0.1) is 6.04 Å². The third-order valence-electron chi connectivity index (χ3n) is 4.19. The van der Waals surface area contributed by atoms with Crippen molar-refractivity contribution < 1.29 is 4.79 Å². The molecule has 1 unspecified atom stereocenters. The second kappa shape index (κ2) is 7.00. The van der Waals surface area contributed by atoms with Gasteiger partial charge in [0.2, 0.25) is 5.91 Å². The highest BCUT2D eigenvalue weighted by Gasteiger charge is 2.21. The van der Waals surface area contributed by atoms with Gasteiger partial charge in [0.25, 0.3) is 0 Å². The molecule has 2 N–H and O–H groups in total. The molecule has 1 atom stereocenters. The fourth-order valence-electron chi connectivity index (χ4n) is 3.11. The van der Waals surface area contributed by atoms with Gasteiger partial charge in [-0.15, -0.1) is 0 Å². The largest absolute Gasteiger partial charge is 0.355 e. The van der Waals surface area contributed by atoms with Crippen LogP contribution in [0.3, 0.4) is 0 Å². The number of hydrogen-bond donors (Lipinski definition) is 2. The lowest BCUT2D eigenvalue weighted by Crippen LogP contribution is -2.40. The Labute approximate surface area is 105 Å². The van der Waals surface area contributed by atoms with Crippen LogP contribution < -0.4 is 10.6 Å². The minimum atomic E-state index is 0.0877. The number of rotatable bonds is 5. The van der Waals surface area contributed by atoms with Gasteiger partial charge in [-0.1, -0.05) is 32.1 Å². The highest BCUT2D eigenvalue weighted by Crippen LogP contribution is 2.26. The predicted octanol–water partition coefficient (Wildman–Crippen LogP) is 2.22. The van der Waals surface area contributed by atoms with E-state index in [4.69, 9.17) is 0 Å². The van der Waals surface area contributed by atoms with Crippen LogP contribution in [0, 0.1) is 5.92 Å². The maximum absolute atomic E-state index is 11.7. The molecule has 2 rings (SSSR count). The average molecular weight is 238 g/mol. The van der Waals surface area contributed by atoms with Crippen LogP contribution in [0.25, 0.3) is 0 Å². The first-order chi connectivity index (χ1) is 8.36. The van der Waals surface area contributed by atoms with E-state index in [0.29, 0.717) is 0 Å². The number of hydrogen-bond acceptors (Lipinski definition) is 2. The Bertz CT molecular complexity index is 230. The Morgan fingerprint density at radius 2 is 1.94 bits per heavy atom. The standard InChI is InChI=1S/C14H26N2O/c17-14(13-9-5-10-15-13)16-11-4-8-12-6-2-1-3-7-12/h12-13,15H,1-11H2,(H,16,17). The molecule has 17 heavy (non-hydrogen) atoms. The summed E-state index contributed by atoms with van der Waals surface area (Å²) in [5.41, 5.74) is 0. The van der Waals surface area contributed by atoms with Crippen molar-refractivity contribution in [1.29, 1.82) is 0 Å². The minimum Gasteiger partial charge on any atom is -0.355 e. The highest BCUT2D eigenvalue weighted by atomic mass is 16.2. The Kier molecular flexibility index (Phi) is 5.30. The molecule has 0 aromatic carbocycles. The zero-order chi connectivity index (χ0) is 11.9. The average Bonchev–Trinajstić information content (AvgIpc) is 2.89. The van der Waals surface area contributed by atoms with Crippen LogP contribution >= 0.6 is 0 Å². The molecule has 1 aliphatic heterocycles. The minimum absolute atomic E-state index is 0.0877. The van der Waals surface area contributed by atoms with Crippen LogP contribution in [-0.2, 0) is 4.79 Å². The summed E-state index contributed by atoms with van der Waals surface area (Å²) in [6.45, 7) is 1.87. The van der Waals surface area contributed by atoms with Crippen molar-refractivity contribution >= 4 is 5.91 Å². The van der Waals surface area contributed by atoms with Gasteiger partial charge in [-0.05, 0) is 38.1 Å². The summed E-state index contributed by atoms with van der Waals surface area (Å²) in [5, 5.41) is 6.30. The first kappa shape index (κ1) is 12.9. The molecule has 2 fully saturated rings. The maximum Gasteiger partial charge on any atom is 0.237 e. The van der Waals surface area contributed by atoms with Crippen molar-refractivity contribution in [2.24, 2.45) is 5.92 Å². The van der Waals surface area contributed by atoms with E-state index in [1.807, 2.05) is 0 Å². The molecule has 0 aromatic rings. The zero-order valence-corrected chi connectivity index (χ0v) is 10.8. The molecular weight excluding hydrogens is 212 g/mol. The third-order valence-corrected chi connectivity index (χ3v) is 4.19. The van der Waals surface area contributed by atoms with E-state index in [9.17, 15) is 4.79 Å².